The SMILES string of the molecule is CCCNCC1CCCC1CCSc1ccccc1. The van der Waals surface area contributed by atoms with E-state index in [0.717, 1.165) is 11.8 Å². The molecule has 0 aliphatic heterocycles. The Labute approximate surface area is 122 Å². The maximum absolute atomic E-state index is 3.61. The first-order valence-electron chi connectivity index (χ1n) is 7.78. The Kier molecular flexibility index (Phi) is 6.80. The molecule has 1 saturated carbocycles. The largest absolute Gasteiger partial charge is 0.316 e. The van der Waals surface area contributed by atoms with E-state index < -0.39 is 0 Å². The van der Waals surface area contributed by atoms with Crippen LogP contribution in [0, 0.1) is 11.8 Å². The van der Waals surface area contributed by atoms with Gasteiger partial charge in [0, 0.05) is 4.90 Å². The van der Waals surface area contributed by atoms with Gasteiger partial charge in [-0.25, -0.2) is 0 Å². The lowest BCUT2D eigenvalue weighted by molar-refractivity contribution is 0.360. The summed E-state index contributed by atoms with van der Waals surface area (Å²) >= 11 is 2.02. The quantitative estimate of drug-likeness (QED) is 0.551. The molecule has 2 unspecified atom stereocenters. The molecule has 19 heavy (non-hydrogen) atoms. The van der Waals surface area contributed by atoms with Crippen molar-refractivity contribution >= 4 is 11.8 Å². The van der Waals surface area contributed by atoms with Crippen LogP contribution in [0.3, 0.4) is 0 Å². The van der Waals surface area contributed by atoms with Gasteiger partial charge < -0.3 is 5.32 Å². The second-order valence-corrected chi connectivity index (χ2v) is 6.77. The average Bonchev–Trinajstić information content (AvgIpc) is 2.88. The fraction of sp³-hybridized carbons (Fsp3) is 0.647. The van der Waals surface area contributed by atoms with Gasteiger partial charge in [-0.1, -0.05) is 38.0 Å². The van der Waals surface area contributed by atoms with E-state index in [0.29, 0.717) is 0 Å². The van der Waals surface area contributed by atoms with Crippen LogP contribution in [0.4, 0.5) is 0 Å². The van der Waals surface area contributed by atoms with Crippen molar-refractivity contribution < 1.29 is 0 Å². The number of benzene rings is 1. The summed E-state index contributed by atoms with van der Waals surface area (Å²) in [7, 11) is 0. The van der Waals surface area contributed by atoms with Crippen molar-refractivity contribution in [2.45, 2.75) is 43.9 Å². The molecule has 1 N–H and O–H groups in total. The number of nitrogens with one attached hydrogen (secondary N) is 1. The summed E-state index contributed by atoms with van der Waals surface area (Å²) in [6, 6.07) is 10.8. The highest BCUT2D eigenvalue weighted by Crippen LogP contribution is 2.35. The van der Waals surface area contributed by atoms with E-state index in [4.69, 9.17) is 0 Å². The van der Waals surface area contributed by atoms with Gasteiger partial charge in [-0.3, -0.25) is 0 Å². The molecule has 1 aromatic carbocycles. The van der Waals surface area contributed by atoms with Crippen LogP contribution < -0.4 is 5.32 Å². The molecule has 0 saturated heterocycles. The second-order valence-electron chi connectivity index (χ2n) is 5.61. The molecule has 2 rings (SSSR count). The van der Waals surface area contributed by atoms with Crippen molar-refractivity contribution in [2.75, 3.05) is 18.8 Å². The fourth-order valence-corrected chi connectivity index (χ4v) is 4.08. The highest BCUT2D eigenvalue weighted by molar-refractivity contribution is 7.99. The van der Waals surface area contributed by atoms with Gasteiger partial charge in [-0.2, -0.15) is 0 Å². The van der Waals surface area contributed by atoms with E-state index in [9.17, 15) is 0 Å². The Morgan fingerprint density at radius 1 is 1.16 bits per heavy atom. The van der Waals surface area contributed by atoms with Gasteiger partial charge in [0.2, 0.25) is 0 Å². The van der Waals surface area contributed by atoms with Crippen molar-refractivity contribution in [3.8, 4) is 0 Å². The Morgan fingerprint density at radius 3 is 2.74 bits per heavy atom. The van der Waals surface area contributed by atoms with Crippen molar-refractivity contribution in [3.05, 3.63) is 30.3 Å². The number of hydrogen-bond donors (Lipinski definition) is 1. The first kappa shape index (κ1) is 14.9. The summed E-state index contributed by atoms with van der Waals surface area (Å²) in [5.74, 6) is 3.17. The summed E-state index contributed by atoms with van der Waals surface area (Å²) < 4.78 is 0. The second kappa shape index (κ2) is 8.65. The molecule has 0 bridgehead atoms. The molecule has 1 aliphatic carbocycles. The highest BCUT2D eigenvalue weighted by atomic mass is 32.2. The highest BCUT2D eigenvalue weighted by Gasteiger charge is 2.26. The van der Waals surface area contributed by atoms with Crippen molar-refractivity contribution in [1.29, 1.82) is 0 Å². The zero-order chi connectivity index (χ0) is 13.3. The lowest BCUT2D eigenvalue weighted by Crippen LogP contribution is -2.26. The van der Waals surface area contributed by atoms with Gasteiger partial charge in [0.15, 0.2) is 0 Å². The summed E-state index contributed by atoms with van der Waals surface area (Å²) in [5.41, 5.74) is 0. The Bertz CT molecular complexity index is 338. The normalized spacial score (nSPS) is 22.8. The van der Waals surface area contributed by atoms with Gasteiger partial charge >= 0.3 is 0 Å². The van der Waals surface area contributed by atoms with Gasteiger partial charge in [-0.15, -0.1) is 11.8 Å². The van der Waals surface area contributed by atoms with E-state index in [1.54, 1.807) is 0 Å². The minimum absolute atomic E-state index is 0.933. The lowest BCUT2D eigenvalue weighted by atomic mass is 9.93. The van der Waals surface area contributed by atoms with Gasteiger partial charge in [0.05, 0.1) is 0 Å². The maximum Gasteiger partial charge on any atom is 0.00719 e. The fourth-order valence-electron chi connectivity index (χ4n) is 3.07. The van der Waals surface area contributed by atoms with Crippen molar-refractivity contribution in [3.63, 3.8) is 0 Å². The number of thioether (sulfide) groups is 1. The van der Waals surface area contributed by atoms with Gasteiger partial charge in [0.1, 0.15) is 0 Å². The van der Waals surface area contributed by atoms with Crippen LogP contribution in [0.15, 0.2) is 35.2 Å². The van der Waals surface area contributed by atoms with Crippen LogP contribution in [-0.4, -0.2) is 18.8 Å². The summed E-state index contributed by atoms with van der Waals surface area (Å²) in [6.07, 6.45) is 6.98. The third-order valence-corrected chi connectivity index (χ3v) is 5.20. The maximum atomic E-state index is 3.61. The van der Waals surface area contributed by atoms with Crippen molar-refractivity contribution in [1.82, 2.24) is 5.32 Å². The minimum atomic E-state index is 0.933. The van der Waals surface area contributed by atoms with E-state index >= 15 is 0 Å². The summed E-state index contributed by atoms with van der Waals surface area (Å²) in [4.78, 5) is 1.42. The first-order valence-corrected chi connectivity index (χ1v) is 8.77. The molecule has 1 aromatic rings. The molecular formula is C17H27NS. The zero-order valence-corrected chi connectivity index (χ0v) is 12.9. The van der Waals surface area contributed by atoms with Crippen LogP contribution in [0.1, 0.15) is 39.0 Å². The van der Waals surface area contributed by atoms with Crippen LogP contribution in [0.2, 0.25) is 0 Å². The molecular weight excluding hydrogens is 250 g/mol. The molecule has 2 heteroatoms. The Balaban J connectivity index is 1.66. The Hall–Kier alpha value is -0.470. The Morgan fingerprint density at radius 2 is 1.95 bits per heavy atom. The van der Waals surface area contributed by atoms with Gasteiger partial charge in [0.25, 0.3) is 0 Å². The van der Waals surface area contributed by atoms with Crippen LogP contribution >= 0.6 is 11.8 Å². The smallest absolute Gasteiger partial charge is 0.00719 e. The summed E-state index contributed by atoms with van der Waals surface area (Å²) in [5, 5.41) is 3.61. The molecule has 0 radical (unpaired) electrons. The lowest BCUT2D eigenvalue weighted by Gasteiger charge is -2.19. The molecule has 0 heterocycles. The number of rotatable bonds is 8. The molecule has 2 atom stereocenters. The molecule has 0 spiro atoms. The first-order chi connectivity index (χ1) is 9.40. The topological polar surface area (TPSA) is 12.0 Å². The molecule has 0 amide bonds. The van der Waals surface area contributed by atoms with E-state index in [-0.39, 0.29) is 0 Å². The van der Waals surface area contributed by atoms with Crippen LogP contribution in [-0.2, 0) is 0 Å². The standard InChI is InChI=1S/C17H27NS/c1-2-12-18-14-16-8-6-7-15(16)11-13-19-17-9-4-3-5-10-17/h3-5,9-10,15-16,18H,2,6-8,11-14H2,1H3. The molecule has 106 valence electrons. The van der Waals surface area contributed by atoms with Crippen LogP contribution in [0.5, 0.6) is 0 Å². The summed E-state index contributed by atoms with van der Waals surface area (Å²) in [6.45, 7) is 4.67. The monoisotopic (exact) mass is 277 g/mol. The van der Waals surface area contributed by atoms with Crippen molar-refractivity contribution in [2.24, 2.45) is 11.8 Å². The molecule has 0 aromatic heterocycles. The molecule has 1 aliphatic rings. The predicted octanol–water partition coefficient (Wildman–Crippen LogP) is 4.58. The zero-order valence-electron chi connectivity index (χ0n) is 12.1. The third-order valence-electron chi connectivity index (χ3n) is 4.15. The van der Waals surface area contributed by atoms with E-state index in [1.165, 1.54) is 55.8 Å². The number of hydrogen-bond acceptors (Lipinski definition) is 2. The average molecular weight is 277 g/mol. The van der Waals surface area contributed by atoms with Gasteiger partial charge in [-0.05, 0) is 62.1 Å². The molecule has 1 fully saturated rings. The van der Waals surface area contributed by atoms with Crippen LogP contribution in [0.25, 0.3) is 0 Å². The van der Waals surface area contributed by atoms with E-state index in [2.05, 4.69) is 42.6 Å². The predicted molar refractivity (Wildman–Crippen MR) is 85.8 cm³/mol. The molecule has 1 nitrogen and oxygen atoms in total. The van der Waals surface area contributed by atoms with E-state index in [1.807, 2.05) is 11.8 Å². The minimum Gasteiger partial charge on any atom is -0.316 e. The third kappa shape index (κ3) is 5.19.